The number of nitrogens with one attached hydrogen (secondary N) is 2. The van der Waals surface area contributed by atoms with Gasteiger partial charge in [-0.15, -0.1) is 5.48 Å². The molecule has 0 aromatic heterocycles. The number of hydrogen-bond donors (Lipinski definition) is 5. The Morgan fingerprint density at radius 3 is 2.85 bits per heavy atom. The molecule has 33 heavy (non-hydrogen) atoms. The number of carbonyl (C=O) groups excluding carboxylic acids is 1. The van der Waals surface area contributed by atoms with Crippen LogP contribution in [0, 0.1) is 11.8 Å². The van der Waals surface area contributed by atoms with Gasteiger partial charge in [0.15, 0.2) is 11.7 Å². The van der Waals surface area contributed by atoms with Gasteiger partial charge in [-0.1, -0.05) is 26.0 Å². The number of amides is 1. The number of anilines is 1. The van der Waals surface area contributed by atoms with Crippen molar-refractivity contribution in [2.45, 2.75) is 58.0 Å². The number of guanidine groups is 1. The number of benzene rings is 1. The van der Waals surface area contributed by atoms with E-state index < -0.39 is 18.1 Å². The fraction of sp³-hybridized carbons (Fsp3) is 0.609. The third kappa shape index (κ3) is 6.50. The van der Waals surface area contributed by atoms with Gasteiger partial charge in [0.25, 0.3) is 0 Å². The summed E-state index contributed by atoms with van der Waals surface area (Å²) in [5.74, 6) is 0.123. The zero-order valence-corrected chi connectivity index (χ0v) is 19.4. The van der Waals surface area contributed by atoms with E-state index >= 15 is 0 Å². The third-order valence-electron chi connectivity index (χ3n) is 6.30. The summed E-state index contributed by atoms with van der Waals surface area (Å²) in [5, 5.41) is 13.1. The smallest absolute Gasteiger partial charge is 0.326 e. The molecule has 10 heteroatoms. The number of likely N-dealkylation sites (tertiary alicyclic amines) is 1. The van der Waals surface area contributed by atoms with Crippen molar-refractivity contribution in [3.05, 3.63) is 23.8 Å². The summed E-state index contributed by atoms with van der Waals surface area (Å²) in [6.07, 6.45) is 3.10. The summed E-state index contributed by atoms with van der Waals surface area (Å²) in [7, 11) is 0. The average Bonchev–Trinajstić information content (AvgIpc) is 2.77. The van der Waals surface area contributed by atoms with Gasteiger partial charge in [0.1, 0.15) is 12.1 Å². The van der Waals surface area contributed by atoms with Crippen molar-refractivity contribution in [3.8, 4) is 5.75 Å². The Bertz CT molecular complexity index is 873. The summed E-state index contributed by atoms with van der Waals surface area (Å²) in [5.41, 5.74) is 15.8. The van der Waals surface area contributed by atoms with Crippen LogP contribution in [0.5, 0.6) is 5.75 Å². The molecule has 182 valence electrons. The number of hydroxylamine groups is 1. The van der Waals surface area contributed by atoms with Crippen molar-refractivity contribution < 1.29 is 19.5 Å². The van der Waals surface area contributed by atoms with Crippen LogP contribution < -0.4 is 27.1 Å². The first-order valence-corrected chi connectivity index (χ1v) is 11.6. The van der Waals surface area contributed by atoms with E-state index in [-0.39, 0.29) is 17.8 Å². The second-order valence-corrected chi connectivity index (χ2v) is 9.22. The first kappa shape index (κ1) is 24.6. The number of carboxylic acid groups (broad SMARTS) is 1. The molecule has 1 aromatic rings. The molecular weight excluding hydrogens is 424 g/mol. The summed E-state index contributed by atoms with van der Waals surface area (Å²) in [4.78, 5) is 36.6. The van der Waals surface area contributed by atoms with Crippen LogP contribution in [0.1, 0.15) is 45.1 Å². The number of rotatable bonds is 9. The number of piperidine rings is 1. The normalized spacial score (nSPS) is 23.1. The van der Waals surface area contributed by atoms with Gasteiger partial charge in [-0.3, -0.25) is 9.79 Å². The molecular formula is C23H36N6O4. The van der Waals surface area contributed by atoms with Crippen LogP contribution in [0.25, 0.3) is 0 Å². The Hall–Kier alpha value is -3.01. The van der Waals surface area contributed by atoms with Gasteiger partial charge < -0.3 is 31.6 Å². The zero-order valence-electron chi connectivity index (χ0n) is 19.4. The maximum absolute atomic E-state index is 13.4. The second-order valence-electron chi connectivity index (χ2n) is 9.22. The summed E-state index contributed by atoms with van der Waals surface area (Å²) in [6.45, 7) is 5.82. The number of fused-ring (bicyclic) bond motifs is 1. The van der Waals surface area contributed by atoms with E-state index in [2.05, 4.69) is 28.8 Å². The van der Waals surface area contributed by atoms with Crippen LogP contribution in [0.15, 0.2) is 23.2 Å². The highest BCUT2D eigenvalue weighted by molar-refractivity contribution is 5.87. The Kier molecular flexibility index (Phi) is 8.37. The van der Waals surface area contributed by atoms with E-state index in [1.165, 1.54) is 10.5 Å². The molecule has 2 aliphatic rings. The summed E-state index contributed by atoms with van der Waals surface area (Å²) in [6, 6.07) is 4.27. The van der Waals surface area contributed by atoms with Gasteiger partial charge in [0, 0.05) is 19.6 Å². The number of carbonyl (C=O) groups is 2. The lowest BCUT2D eigenvalue weighted by Gasteiger charge is -2.38. The van der Waals surface area contributed by atoms with E-state index in [0.29, 0.717) is 44.0 Å². The predicted molar refractivity (Wildman–Crippen MR) is 127 cm³/mol. The van der Waals surface area contributed by atoms with Crippen molar-refractivity contribution in [2.75, 3.05) is 25.0 Å². The summed E-state index contributed by atoms with van der Waals surface area (Å²) >= 11 is 0. The zero-order chi connectivity index (χ0) is 24.0. The molecule has 0 bridgehead atoms. The summed E-state index contributed by atoms with van der Waals surface area (Å²) < 4.78 is 0. The molecule has 0 saturated carbocycles. The number of carboxylic acids is 1. The topological polar surface area (TPSA) is 155 Å². The molecule has 1 amide bonds. The van der Waals surface area contributed by atoms with Gasteiger partial charge in [-0.2, -0.15) is 0 Å². The number of para-hydroxylation sites is 1. The van der Waals surface area contributed by atoms with Gasteiger partial charge in [0.05, 0.1) is 5.69 Å². The van der Waals surface area contributed by atoms with E-state index in [4.69, 9.17) is 16.3 Å². The van der Waals surface area contributed by atoms with Gasteiger partial charge in [-0.05, 0) is 55.6 Å². The molecule has 0 aliphatic carbocycles. The maximum atomic E-state index is 13.4. The molecule has 4 atom stereocenters. The van der Waals surface area contributed by atoms with Crippen molar-refractivity contribution in [3.63, 3.8) is 0 Å². The molecule has 0 spiro atoms. The first-order valence-electron chi connectivity index (χ1n) is 11.6. The predicted octanol–water partition coefficient (Wildman–Crippen LogP) is 1.31. The highest BCUT2D eigenvalue weighted by Gasteiger charge is 2.37. The lowest BCUT2D eigenvalue weighted by Crippen LogP contribution is -2.56. The van der Waals surface area contributed by atoms with Crippen LogP contribution >= 0.6 is 0 Å². The molecule has 1 unspecified atom stereocenters. The number of aliphatic carboxylic acids is 1. The fourth-order valence-electron chi connectivity index (χ4n) is 4.47. The molecule has 0 radical (unpaired) electrons. The largest absolute Gasteiger partial charge is 0.480 e. The number of aliphatic imine (C=N–C) groups is 1. The minimum absolute atomic E-state index is 0.00531. The van der Waals surface area contributed by atoms with Crippen molar-refractivity contribution in [1.82, 2.24) is 10.4 Å². The standard InChI is InChI=1S/C23H36N6O4/c1-14-8-10-29(18(12-14)22(31)32)21(30)17(6-4-9-26-23(24)25)28-33-19-7-3-5-16-11-15(2)13-27-20(16)19/h3,5,7,14-15,17-18,27-28H,4,6,8-13H2,1-2H3,(H,31,32)(H4,24,25,26)/t14-,15?,17-,18-/m1/s1. The second kappa shape index (κ2) is 11.2. The lowest BCUT2D eigenvalue weighted by atomic mass is 9.91. The SMILES string of the molecule is CC1CNc2c(cccc2ON[C@H](CCCN=C(N)N)C(=O)N2CC[C@@H](C)C[C@@H]2C(=O)O)C1. The van der Waals surface area contributed by atoms with Crippen LogP contribution in [0.2, 0.25) is 0 Å². The van der Waals surface area contributed by atoms with Crippen LogP contribution in [0.4, 0.5) is 5.69 Å². The number of nitrogens with zero attached hydrogens (tertiary/aromatic N) is 2. The van der Waals surface area contributed by atoms with Crippen molar-refractivity contribution >= 4 is 23.5 Å². The molecule has 7 N–H and O–H groups in total. The lowest BCUT2D eigenvalue weighted by molar-refractivity contribution is -0.155. The van der Waals surface area contributed by atoms with E-state index in [1.54, 1.807) is 0 Å². The van der Waals surface area contributed by atoms with Crippen LogP contribution in [0.3, 0.4) is 0 Å². The molecule has 1 fully saturated rings. The Balaban J connectivity index is 1.74. The van der Waals surface area contributed by atoms with E-state index in [0.717, 1.165) is 25.1 Å². The van der Waals surface area contributed by atoms with Gasteiger partial charge in [-0.25, -0.2) is 4.79 Å². The van der Waals surface area contributed by atoms with Crippen LogP contribution in [-0.4, -0.2) is 59.6 Å². The molecule has 2 heterocycles. The molecule has 10 nitrogen and oxygen atoms in total. The molecule has 3 rings (SSSR count). The fourth-order valence-corrected chi connectivity index (χ4v) is 4.47. The molecule has 1 aromatic carbocycles. The Morgan fingerprint density at radius 2 is 2.12 bits per heavy atom. The highest BCUT2D eigenvalue weighted by atomic mass is 16.6. The average molecular weight is 461 g/mol. The van der Waals surface area contributed by atoms with E-state index in [1.807, 2.05) is 19.1 Å². The van der Waals surface area contributed by atoms with Gasteiger partial charge in [0.2, 0.25) is 5.91 Å². The number of nitrogens with two attached hydrogens (primary N) is 2. The van der Waals surface area contributed by atoms with Crippen molar-refractivity contribution in [1.29, 1.82) is 0 Å². The quantitative estimate of drug-likeness (QED) is 0.160. The highest BCUT2D eigenvalue weighted by Crippen LogP contribution is 2.33. The first-order chi connectivity index (χ1) is 15.8. The third-order valence-corrected chi connectivity index (χ3v) is 6.30. The molecule has 1 saturated heterocycles. The van der Waals surface area contributed by atoms with Gasteiger partial charge >= 0.3 is 5.97 Å². The monoisotopic (exact) mass is 460 g/mol. The Labute approximate surface area is 194 Å². The minimum Gasteiger partial charge on any atom is -0.480 e. The minimum atomic E-state index is -0.981. The number of hydrogen-bond acceptors (Lipinski definition) is 6. The van der Waals surface area contributed by atoms with E-state index in [9.17, 15) is 14.7 Å². The van der Waals surface area contributed by atoms with Crippen molar-refractivity contribution in [2.24, 2.45) is 28.3 Å². The van der Waals surface area contributed by atoms with Crippen LogP contribution in [-0.2, 0) is 16.0 Å². The molecule has 2 aliphatic heterocycles. The Morgan fingerprint density at radius 1 is 1.33 bits per heavy atom. The maximum Gasteiger partial charge on any atom is 0.326 e.